The van der Waals surface area contributed by atoms with Crippen LogP contribution in [0.2, 0.25) is 0 Å². The number of nitrogens with one attached hydrogen (secondary N) is 1. The summed E-state index contributed by atoms with van der Waals surface area (Å²) in [6.07, 6.45) is 0. The van der Waals surface area contributed by atoms with E-state index in [9.17, 15) is 23.2 Å². The van der Waals surface area contributed by atoms with E-state index in [0.717, 1.165) is 17.0 Å². The first-order valence-corrected chi connectivity index (χ1v) is 9.69. The molecule has 2 aromatic rings. The Bertz CT molecular complexity index is 1030. The fourth-order valence-electron chi connectivity index (χ4n) is 2.91. The topological polar surface area (TPSA) is 66.5 Å². The number of benzene rings is 2. The van der Waals surface area contributed by atoms with Crippen LogP contribution in [0.1, 0.15) is 26.3 Å². The molecule has 1 N–H and O–H groups in total. The van der Waals surface area contributed by atoms with Crippen molar-refractivity contribution in [2.75, 3.05) is 10.2 Å². The van der Waals surface area contributed by atoms with Gasteiger partial charge in [-0.25, -0.2) is 13.7 Å². The molecular formula is C21H18F2N2O3S. The second kappa shape index (κ2) is 8.16. The van der Waals surface area contributed by atoms with E-state index >= 15 is 0 Å². The quantitative estimate of drug-likeness (QED) is 0.736. The van der Waals surface area contributed by atoms with Gasteiger partial charge in [-0.3, -0.25) is 14.4 Å². The largest absolute Gasteiger partial charge is 0.326 e. The molecule has 0 aliphatic carbocycles. The summed E-state index contributed by atoms with van der Waals surface area (Å²) in [5.74, 6) is -3.37. The fourth-order valence-corrected chi connectivity index (χ4v) is 3.90. The van der Waals surface area contributed by atoms with Crippen molar-refractivity contribution < 1.29 is 23.2 Å². The summed E-state index contributed by atoms with van der Waals surface area (Å²) in [7, 11) is 0. The zero-order chi connectivity index (χ0) is 21.3. The number of anilines is 2. The van der Waals surface area contributed by atoms with Crippen LogP contribution in [-0.2, 0) is 14.4 Å². The van der Waals surface area contributed by atoms with E-state index in [4.69, 9.17) is 0 Å². The van der Waals surface area contributed by atoms with Crippen LogP contribution >= 0.6 is 11.8 Å². The predicted molar refractivity (Wildman–Crippen MR) is 109 cm³/mol. The van der Waals surface area contributed by atoms with Gasteiger partial charge in [0.15, 0.2) is 0 Å². The highest BCUT2D eigenvalue weighted by molar-refractivity contribution is 8.04. The Hall–Kier alpha value is -3.00. The monoisotopic (exact) mass is 416 g/mol. The molecule has 5 nitrogen and oxygen atoms in total. The number of carbonyl (C=O) groups is 3. The maximum atomic E-state index is 14.3. The average Bonchev–Trinajstić information content (AvgIpc) is 2.86. The zero-order valence-electron chi connectivity index (χ0n) is 16.0. The van der Waals surface area contributed by atoms with Gasteiger partial charge in [0.25, 0.3) is 11.8 Å². The summed E-state index contributed by atoms with van der Waals surface area (Å²) >= 11 is 1.20. The van der Waals surface area contributed by atoms with Crippen LogP contribution in [0.5, 0.6) is 0 Å². The number of nitrogens with zero attached hydrogens (tertiary/aromatic N) is 1. The van der Waals surface area contributed by atoms with Crippen LogP contribution < -0.4 is 10.2 Å². The van der Waals surface area contributed by atoms with Crippen molar-refractivity contribution in [3.63, 3.8) is 0 Å². The van der Waals surface area contributed by atoms with Crippen molar-refractivity contribution in [1.29, 1.82) is 0 Å². The van der Waals surface area contributed by atoms with Crippen molar-refractivity contribution >= 4 is 46.4 Å². The summed E-state index contributed by atoms with van der Waals surface area (Å²) in [5, 5.41) is 2.62. The molecule has 2 aromatic carbocycles. The average molecular weight is 416 g/mol. The van der Waals surface area contributed by atoms with Gasteiger partial charge in [0.2, 0.25) is 5.91 Å². The Balaban J connectivity index is 2.06. The highest BCUT2D eigenvalue weighted by Crippen LogP contribution is 2.40. The summed E-state index contributed by atoms with van der Waals surface area (Å²) in [4.78, 5) is 38.2. The van der Waals surface area contributed by atoms with Gasteiger partial charge < -0.3 is 5.32 Å². The second-order valence-electron chi connectivity index (χ2n) is 6.67. The Morgan fingerprint density at radius 2 is 1.69 bits per heavy atom. The SMILES string of the molecule is CC(=O)Nc1ccc(C2=C(SC(C)C)C(=O)N(c3ccc(F)cc3F)C2=O)cc1. The molecule has 3 rings (SSSR count). The molecule has 8 heteroatoms. The molecule has 0 bridgehead atoms. The van der Waals surface area contributed by atoms with Crippen LogP contribution in [-0.4, -0.2) is 23.0 Å². The second-order valence-corrected chi connectivity index (χ2v) is 8.26. The van der Waals surface area contributed by atoms with Crippen molar-refractivity contribution in [1.82, 2.24) is 0 Å². The van der Waals surface area contributed by atoms with Gasteiger partial charge in [-0.1, -0.05) is 26.0 Å². The number of hydrogen-bond donors (Lipinski definition) is 1. The number of carbonyl (C=O) groups excluding carboxylic acids is 3. The molecule has 0 radical (unpaired) electrons. The Kier molecular flexibility index (Phi) is 5.83. The van der Waals surface area contributed by atoms with Crippen LogP contribution in [0.4, 0.5) is 20.2 Å². The van der Waals surface area contributed by atoms with Gasteiger partial charge in [0, 0.05) is 23.9 Å². The number of thioether (sulfide) groups is 1. The van der Waals surface area contributed by atoms with Gasteiger partial charge in [-0.05, 0) is 29.8 Å². The Labute approximate surface area is 170 Å². The molecule has 1 aliphatic heterocycles. The molecule has 0 spiro atoms. The summed E-state index contributed by atoms with van der Waals surface area (Å²) < 4.78 is 27.6. The molecule has 0 unspecified atom stereocenters. The minimum atomic E-state index is -0.997. The lowest BCUT2D eigenvalue weighted by molar-refractivity contribution is -0.120. The number of imide groups is 1. The molecule has 1 heterocycles. The van der Waals surface area contributed by atoms with Gasteiger partial charge >= 0.3 is 0 Å². The fraction of sp³-hybridized carbons (Fsp3) is 0.190. The molecule has 0 atom stereocenters. The van der Waals surface area contributed by atoms with Crippen molar-refractivity contribution in [2.45, 2.75) is 26.0 Å². The summed E-state index contributed by atoms with van der Waals surface area (Å²) in [6, 6.07) is 9.13. The standard InChI is InChI=1S/C21H18F2N2O3S/c1-11(2)29-19-18(13-4-7-15(8-5-13)24-12(3)26)20(27)25(21(19)28)17-9-6-14(22)10-16(17)23/h4-11H,1-3H3,(H,24,26). The van der Waals surface area contributed by atoms with Gasteiger partial charge in [-0.15, -0.1) is 11.8 Å². The van der Waals surface area contributed by atoms with E-state index in [-0.39, 0.29) is 27.3 Å². The van der Waals surface area contributed by atoms with Crippen molar-refractivity contribution in [3.8, 4) is 0 Å². The molecule has 0 saturated heterocycles. The first-order valence-electron chi connectivity index (χ1n) is 8.82. The van der Waals surface area contributed by atoms with Gasteiger partial charge in [0.05, 0.1) is 16.2 Å². The zero-order valence-corrected chi connectivity index (χ0v) is 16.8. The third-order valence-corrected chi connectivity index (χ3v) is 5.13. The Morgan fingerprint density at radius 3 is 2.24 bits per heavy atom. The van der Waals surface area contributed by atoms with Crippen molar-refractivity contribution in [3.05, 3.63) is 64.6 Å². The smallest absolute Gasteiger partial charge is 0.272 e. The predicted octanol–water partition coefficient (Wildman–Crippen LogP) is 4.35. The number of halogens is 2. The van der Waals surface area contributed by atoms with E-state index in [1.54, 1.807) is 24.3 Å². The molecule has 0 aromatic heterocycles. The lowest BCUT2D eigenvalue weighted by Crippen LogP contribution is -2.32. The van der Waals surface area contributed by atoms with Gasteiger partial charge in [-0.2, -0.15) is 0 Å². The third kappa shape index (κ3) is 4.22. The van der Waals surface area contributed by atoms with Crippen LogP contribution in [0.25, 0.3) is 5.57 Å². The highest BCUT2D eigenvalue weighted by atomic mass is 32.2. The minimum Gasteiger partial charge on any atom is -0.326 e. The molecule has 0 saturated carbocycles. The van der Waals surface area contributed by atoms with Gasteiger partial charge in [0.1, 0.15) is 11.6 Å². The molecule has 1 aliphatic rings. The summed E-state index contributed by atoms with van der Waals surface area (Å²) in [5.41, 5.74) is 0.851. The van der Waals surface area contributed by atoms with E-state index in [1.807, 2.05) is 13.8 Å². The maximum absolute atomic E-state index is 14.3. The summed E-state index contributed by atoms with van der Waals surface area (Å²) in [6.45, 7) is 5.12. The molecule has 29 heavy (non-hydrogen) atoms. The van der Waals surface area contributed by atoms with Crippen molar-refractivity contribution in [2.24, 2.45) is 0 Å². The number of hydrogen-bond acceptors (Lipinski definition) is 4. The number of amides is 3. The lowest BCUT2D eigenvalue weighted by atomic mass is 10.1. The molecule has 150 valence electrons. The first-order chi connectivity index (χ1) is 13.7. The van der Waals surface area contributed by atoms with Crippen LogP contribution in [0.15, 0.2) is 47.4 Å². The van der Waals surface area contributed by atoms with E-state index in [2.05, 4.69) is 5.32 Å². The maximum Gasteiger partial charge on any atom is 0.272 e. The number of rotatable bonds is 5. The van der Waals surface area contributed by atoms with E-state index < -0.39 is 23.4 Å². The Morgan fingerprint density at radius 1 is 1.03 bits per heavy atom. The molecule has 3 amide bonds. The van der Waals surface area contributed by atoms with Crippen LogP contribution in [0.3, 0.4) is 0 Å². The normalized spacial score (nSPS) is 14.2. The molecule has 0 fully saturated rings. The van der Waals surface area contributed by atoms with E-state index in [1.165, 1.54) is 18.7 Å². The minimum absolute atomic E-state index is 0.00609. The highest BCUT2D eigenvalue weighted by Gasteiger charge is 2.41. The lowest BCUT2D eigenvalue weighted by Gasteiger charge is -2.16. The third-order valence-electron chi connectivity index (χ3n) is 4.04. The van der Waals surface area contributed by atoms with Crippen LogP contribution in [0, 0.1) is 11.6 Å². The van der Waals surface area contributed by atoms with E-state index in [0.29, 0.717) is 17.3 Å². The molecular weight excluding hydrogens is 398 g/mol. The first kappa shape index (κ1) is 20.7.